The molecule has 2 aromatic rings. The summed E-state index contributed by atoms with van der Waals surface area (Å²) in [6.07, 6.45) is 0. The molecule has 0 unspecified atom stereocenters. The number of esters is 1. The van der Waals surface area contributed by atoms with E-state index in [1.807, 2.05) is 5.32 Å². The Hall–Kier alpha value is -3.11. The average Bonchev–Trinajstić information content (AvgIpc) is 2.65. The van der Waals surface area contributed by atoms with E-state index in [4.69, 9.17) is 16.3 Å². The number of imide groups is 1. The Morgan fingerprint density at radius 2 is 1.61 bits per heavy atom. The zero-order chi connectivity index (χ0) is 23.2. The van der Waals surface area contributed by atoms with Crippen LogP contribution in [-0.4, -0.2) is 38.5 Å². The minimum absolute atomic E-state index is 0.0340. The molecule has 11 heteroatoms. The van der Waals surface area contributed by atoms with Gasteiger partial charge in [-0.2, -0.15) is 0 Å². The fourth-order valence-corrected chi connectivity index (χ4v) is 3.52. The smallest absolute Gasteiger partial charge is 0.340 e. The Morgan fingerprint density at radius 1 is 1.00 bits per heavy atom. The summed E-state index contributed by atoms with van der Waals surface area (Å²) in [6.45, 7) is 4.48. The third-order valence-electron chi connectivity index (χ3n) is 3.59. The molecule has 0 saturated carbocycles. The number of nitrogens with one attached hydrogen (secondary N) is 3. The number of urea groups is 1. The quantitative estimate of drug-likeness (QED) is 0.560. The van der Waals surface area contributed by atoms with Crippen molar-refractivity contribution in [2.75, 3.05) is 11.3 Å². The van der Waals surface area contributed by atoms with Crippen LogP contribution in [0.4, 0.5) is 10.5 Å². The van der Waals surface area contributed by atoms with Crippen LogP contribution in [0.2, 0.25) is 5.02 Å². The van der Waals surface area contributed by atoms with E-state index in [-0.39, 0.29) is 16.1 Å². The molecule has 3 N–H and O–H groups in total. The lowest BCUT2D eigenvalue weighted by molar-refractivity contribution is -0.123. The number of benzene rings is 2. The summed E-state index contributed by atoms with van der Waals surface area (Å²) in [5.74, 6) is -1.78. The Bertz CT molecular complexity index is 1080. The van der Waals surface area contributed by atoms with Crippen molar-refractivity contribution in [3.63, 3.8) is 0 Å². The lowest BCUT2D eigenvalue weighted by atomic mass is 10.1. The van der Waals surface area contributed by atoms with Crippen LogP contribution in [0.15, 0.2) is 53.4 Å². The van der Waals surface area contributed by atoms with Gasteiger partial charge in [0.15, 0.2) is 6.61 Å². The first-order valence-electron chi connectivity index (χ1n) is 9.04. The molecule has 0 spiro atoms. The third kappa shape index (κ3) is 7.58. The summed E-state index contributed by atoms with van der Waals surface area (Å²) in [7, 11) is -4.00. The molecule has 0 atom stereocenters. The van der Waals surface area contributed by atoms with Gasteiger partial charge in [0.1, 0.15) is 0 Å². The van der Waals surface area contributed by atoms with Crippen LogP contribution in [0.25, 0.3) is 0 Å². The predicted molar refractivity (Wildman–Crippen MR) is 115 cm³/mol. The van der Waals surface area contributed by atoms with E-state index in [0.29, 0.717) is 5.02 Å². The summed E-state index contributed by atoms with van der Waals surface area (Å²) in [5, 5.41) is 4.93. The zero-order valence-electron chi connectivity index (χ0n) is 17.1. The molecule has 9 nitrogen and oxygen atoms in total. The van der Waals surface area contributed by atoms with Gasteiger partial charge in [-0.1, -0.05) is 23.7 Å². The summed E-state index contributed by atoms with van der Waals surface area (Å²) in [4.78, 5) is 35.9. The molecule has 0 aliphatic carbocycles. The Morgan fingerprint density at radius 3 is 2.23 bits per heavy atom. The summed E-state index contributed by atoms with van der Waals surface area (Å²) in [5.41, 5.74) is -0.693. The average molecular weight is 468 g/mol. The van der Waals surface area contributed by atoms with E-state index in [0.717, 1.165) is 0 Å². The monoisotopic (exact) mass is 467 g/mol. The van der Waals surface area contributed by atoms with Gasteiger partial charge >= 0.3 is 12.0 Å². The third-order valence-corrected chi connectivity index (χ3v) is 5.22. The second-order valence-electron chi connectivity index (χ2n) is 7.43. The number of anilines is 1. The van der Waals surface area contributed by atoms with E-state index in [1.165, 1.54) is 48.5 Å². The number of hydrogen-bond donors (Lipinski definition) is 3. The number of carbonyl (C=O) groups excluding carboxylic acids is 3. The number of amides is 3. The van der Waals surface area contributed by atoms with Crippen molar-refractivity contribution in [3.8, 4) is 0 Å². The largest absolute Gasteiger partial charge is 0.452 e. The lowest BCUT2D eigenvalue weighted by Crippen LogP contribution is -2.49. The lowest BCUT2D eigenvalue weighted by Gasteiger charge is -2.20. The van der Waals surface area contributed by atoms with E-state index in [2.05, 4.69) is 10.0 Å². The molecule has 0 saturated heterocycles. The maximum Gasteiger partial charge on any atom is 0.340 e. The second kappa shape index (κ2) is 9.80. The SMILES string of the molecule is CC(C)(C)NC(=O)NC(=O)COC(=O)c1ccccc1NS(=O)(=O)c1ccc(Cl)cc1. The number of halogens is 1. The number of hydrogen-bond acceptors (Lipinski definition) is 6. The minimum Gasteiger partial charge on any atom is -0.452 e. The Balaban J connectivity index is 2.06. The molecule has 0 aromatic heterocycles. The molecule has 2 aromatic carbocycles. The number of para-hydroxylation sites is 1. The van der Waals surface area contributed by atoms with Gasteiger partial charge in [-0.05, 0) is 57.2 Å². The molecule has 0 bridgehead atoms. The van der Waals surface area contributed by atoms with Gasteiger partial charge in [-0.15, -0.1) is 0 Å². The van der Waals surface area contributed by atoms with Crippen molar-refractivity contribution in [2.24, 2.45) is 0 Å². The second-order valence-corrected chi connectivity index (χ2v) is 9.55. The van der Waals surface area contributed by atoms with E-state index < -0.39 is 40.1 Å². The van der Waals surface area contributed by atoms with Crippen LogP contribution in [0.5, 0.6) is 0 Å². The minimum atomic E-state index is -4.00. The van der Waals surface area contributed by atoms with Gasteiger partial charge in [0, 0.05) is 10.6 Å². The number of sulfonamides is 1. The number of ether oxygens (including phenoxy) is 1. The first kappa shape index (κ1) is 24.2. The maximum atomic E-state index is 12.6. The molecule has 0 aliphatic heterocycles. The van der Waals surface area contributed by atoms with Crippen molar-refractivity contribution in [2.45, 2.75) is 31.2 Å². The maximum absolute atomic E-state index is 12.6. The highest BCUT2D eigenvalue weighted by atomic mass is 35.5. The zero-order valence-corrected chi connectivity index (χ0v) is 18.6. The predicted octanol–water partition coefficient (Wildman–Crippen LogP) is 2.92. The summed E-state index contributed by atoms with van der Waals surface area (Å²) in [6, 6.07) is 10.5. The van der Waals surface area contributed by atoms with Gasteiger partial charge in [-0.25, -0.2) is 18.0 Å². The van der Waals surface area contributed by atoms with E-state index >= 15 is 0 Å². The van der Waals surface area contributed by atoms with Crippen LogP contribution in [0.1, 0.15) is 31.1 Å². The topological polar surface area (TPSA) is 131 Å². The highest BCUT2D eigenvalue weighted by Gasteiger charge is 2.21. The molecule has 0 radical (unpaired) electrons. The van der Waals surface area contributed by atoms with Crippen LogP contribution in [0.3, 0.4) is 0 Å². The van der Waals surface area contributed by atoms with Gasteiger partial charge in [-0.3, -0.25) is 14.8 Å². The summed E-state index contributed by atoms with van der Waals surface area (Å²) >= 11 is 5.78. The molecule has 2 rings (SSSR count). The first-order valence-corrected chi connectivity index (χ1v) is 10.9. The molecule has 3 amide bonds. The Labute approximate surface area is 185 Å². The van der Waals surface area contributed by atoms with Crippen molar-refractivity contribution in [3.05, 3.63) is 59.1 Å². The molecule has 0 fully saturated rings. The van der Waals surface area contributed by atoms with Gasteiger partial charge < -0.3 is 10.1 Å². The van der Waals surface area contributed by atoms with Crippen LogP contribution < -0.4 is 15.4 Å². The van der Waals surface area contributed by atoms with Crippen LogP contribution in [-0.2, 0) is 19.6 Å². The highest BCUT2D eigenvalue weighted by Crippen LogP contribution is 2.22. The standard InChI is InChI=1S/C20H22ClN3O6S/c1-20(2,3)23-19(27)22-17(25)12-30-18(26)15-6-4-5-7-16(15)24-31(28,29)14-10-8-13(21)9-11-14/h4-11,24H,12H2,1-3H3,(H2,22,23,25,27). The highest BCUT2D eigenvalue weighted by molar-refractivity contribution is 7.92. The van der Waals surface area contributed by atoms with Crippen LogP contribution in [0, 0.1) is 0 Å². The molecule has 0 heterocycles. The molecule has 166 valence electrons. The Kier molecular flexibility index (Phi) is 7.64. The fraction of sp³-hybridized carbons (Fsp3) is 0.250. The van der Waals surface area contributed by atoms with Crippen molar-refractivity contribution >= 4 is 45.2 Å². The molecule has 0 aliphatic rings. The van der Waals surface area contributed by atoms with E-state index in [9.17, 15) is 22.8 Å². The number of carbonyl (C=O) groups is 3. The molecular formula is C20H22ClN3O6S. The van der Waals surface area contributed by atoms with Gasteiger partial charge in [0.2, 0.25) is 0 Å². The van der Waals surface area contributed by atoms with Crippen LogP contribution >= 0.6 is 11.6 Å². The normalized spacial score (nSPS) is 11.4. The fourth-order valence-electron chi connectivity index (χ4n) is 2.31. The molecular weight excluding hydrogens is 446 g/mol. The van der Waals surface area contributed by atoms with Gasteiger partial charge in [0.05, 0.1) is 16.1 Å². The van der Waals surface area contributed by atoms with Crippen molar-refractivity contribution in [1.29, 1.82) is 0 Å². The van der Waals surface area contributed by atoms with Crippen molar-refractivity contribution in [1.82, 2.24) is 10.6 Å². The van der Waals surface area contributed by atoms with Crippen molar-refractivity contribution < 1.29 is 27.5 Å². The van der Waals surface area contributed by atoms with Gasteiger partial charge in [0.25, 0.3) is 15.9 Å². The van der Waals surface area contributed by atoms with E-state index in [1.54, 1.807) is 20.8 Å². The number of rotatable bonds is 6. The molecule has 31 heavy (non-hydrogen) atoms. The summed E-state index contributed by atoms with van der Waals surface area (Å²) < 4.78 is 32.4. The first-order chi connectivity index (χ1) is 14.4.